The number of nitrogens with zero attached hydrogens (tertiary/aromatic N) is 2. The average molecular weight is 2290 g/mol. The summed E-state index contributed by atoms with van der Waals surface area (Å²) in [7, 11) is 11.9. The van der Waals surface area contributed by atoms with E-state index in [4.69, 9.17) is 72.4 Å². The smallest absolute Gasteiger partial charge is 0.314 e. The second-order valence-electron chi connectivity index (χ2n) is 38.2. The SMILES string of the molecule is COC[C@@]1(C)CN(C(=O)CC(=O)NCCCC(=O)CCCOCCOC2O[C@H](CO)[C@H](O)[C@H](O)[C@H]2NC(C)=O)C[C@@]1(C)COC(c1ccccc1)(c1ccc(OC)cc1)c1ccc(OC)cc1.COc1ccc(C(OC[C@]2(C)CN(C(=O)CC(=O)NCCCC(=O)CCCOCCOC3O[C@H](COC(C)=O)[C@H](C)[C@H](OC(C)=O)[C@H]3NC(C)=O)C[C@]2(C)CO)(c2ccccc2)c2ccc(OC)cc2)cc1.O=C1CCC(=O)O1.[3H][B].[U]. The molecule has 14 atom stereocenters. The Kier molecular flexibility index (Phi) is 50.0. The van der Waals surface area contributed by atoms with Crippen molar-refractivity contribution in [3.8, 4) is 23.0 Å². The van der Waals surface area contributed by atoms with Crippen molar-refractivity contribution in [2.24, 2.45) is 27.6 Å². The van der Waals surface area contributed by atoms with E-state index in [1.54, 1.807) is 52.3 Å². The zero-order chi connectivity index (χ0) is 108. The van der Waals surface area contributed by atoms with Gasteiger partial charge in [0.15, 0.2) is 12.6 Å². The van der Waals surface area contributed by atoms with Crippen LogP contribution < -0.4 is 40.2 Å². The Morgan fingerprint density at radius 3 is 1.17 bits per heavy atom. The van der Waals surface area contributed by atoms with E-state index in [1.165, 1.54) is 27.7 Å². The number of benzene rings is 6. The number of nitrogens with one attached hydrogen (secondary N) is 4. The van der Waals surface area contributed by atoms with Gasteiger partial charge in [-0.25, -0.2) is 0 Å². The third-order valence-electron chi connectivity index (χ3n) is 27.4. The van der Waals surface area contributed by atoms with Crippen molar-refractivity contribution in [1.29, 1.82) is 1.34 Å². The Bertz CT molecular complexity index is 5120. The Labute approximate surface area is 892 Å². The van der Waals surface area contributed by atoms with Crippen molar-refractivity contribution in [3.63, 3.8) is 0 Å². The van der Waals surface area contributed by atoms with Crippen LogP contribution in [0.3, 0.4) is 0 Å². The average Bonchev–Trinajstić information content (AvgIpc) is 1.61. The summed E-state index contributed by atoms with van der Waals surface area (Å²) < 4.78 is 96.7. The summed E-state index contributed by atoms with van der Waals surface area (Å²) in [5, 5.41) is 51.7. The molecule has 0 aromatic heterocycles. The summed E-state index contributed by atoms with van der Waals surface area (Å²) in [6, 6.07) is 49.1. The maximum atomic E-state index is 13.8. The number of hydrogen-bond acceptors (Lipinski definition) is 32. The van der Waals surface area contributed by atoms with Crippen molar-refractivity contribution < 1.29 is 185 Å². The van der Waals surface area contributed by atoms with Crippen molar-refractivity contribution >= 4 is 79.3 Å². The van der Waals surface area contributed by atoms with Crippen LogP contribution in [0.25, 0.3) is 0 Å². The van der Waals surface area contributed by atoms with Crippen LogP contribution in [0.4, 0.5) is 0 Å². The first-order valence-corrected chi connectivity index (χ1v) is 49.2. The summed E-state index contributed by atoms with van der Waals surface area (Å²) in [5.74, 6) is -1.90. The van der Waals surface area contributed by atoms with Crippen LogP contribution in [0.2, 0.25) is 0 Å². The van der Waals surface area contributed by atoms with Gasteiger partial charge in [-0.3, -0.25) is 57.5 Å². The molecule has 5 aliphatic rings. The number of cyclic esters (lactones) is 2. The second-order valence-corrected chi connectivity index (χ2v) is 38.2. The van der Waals surface area contributed by atoms with Gasteiger partial charge < -0.3 is 127 Å². The number of hydrogen-bond donors (Lipinski definition) is 8. The van der Waals surface area contributed by atoms with Gasteiger partial charge >= 0.3 is 23.9 Å². The van der Waals surface area contributed by atoms with E-state index in [0.29, 0.717) is 68.4 Å². The third kappa shape index (κ3) is 34.4. The van der Waals surface area contributed by atoms with Gasteiger partial charge in [-0.1, -0.05) is 144 Å². The molecular formula is C108H147BN6O32U. The van der Waals surface area contributed by atoms with E-state index < -0.39 is 142 Å². The minimum Gasteiger partial charge on any atom is -0.497 e. The fourth-order valence-electron chi connectivity index (χ4n) is 18.5. The number of carbonyl (C=O) groups is 12. The van der Waals surface area contributed by atoms with Crippen LogP contribution in [0.5, 0.6) is 23.0 Å². The summed E-state index contributed by atoms with van der Waals surface area (Å²) >= 11 is 0. The van der Waals surface area contributed by atoms with Crippen LogP contribution in [0.1, 0.15) is 173 Å². The number of Topliss-reactive ketones (excluding diaryl/α,β-unsaturated/α-hetero) is 2. The van der Waals surface area contributed by atoms with Gasteiger partial charge in [0.05, 0.1) is 101 Å². The van der Waals surface area contributed by atoms with Crippen LogP contribution >= 0.6 is 0 Å². The van der Waals surface area contributed by atoms with Gasteiger partial charge in [0.25, 0.3) is 0 Å². The zero-order valence-corrected chi connectivity index (χ0v) is 91.4. The third-order valence-corrected chi connectivity index (χ3v) is 27.4. The van der Waals surface area contributed by atoms with Crippen molar-refractivity contribution in [2.45, 2.75) is 206 Å². The minimum atomic E-state index is -1.41. The summed E-state index contributed by atoms with van der Waals surface area (Å²) in [6.07, 6.45) is -5.02. The molecule has 38 nitrogen and oxygen atoms in total. The molecule has 0 saturated carbocycles. The molecule has 0 bridgehead atoms. The molecule has 5 fully saturated rings. The number of esters is 4. The number of likely N-dealkylation sites (tertiary alicyclic amines) is 2. The van der Waals surface area contributed by atoms with Crippen molar-refractivity contribution in [3.05, 3.63) is 191 Å². The molecule has 2 radical (unpaired) electrons. The van der Waals surface area contributed by atoms with Gasteiger partial charge in [-0.15, -0.1) is 0 Å². The number of aliphatic hydroxyl groups is 4. The molecule has 11 rings (SSSR count). The van der Waals surface area contributed by atoms with Gasteiger partial charge in [0.2, 0.25) is 35.4 Å². The molecule has 0 spiro atoms. The number of methoxy groups -OCH3 is 5. The number of ether oxygens (including phenoxy) is 16. The molecule has 8 N–H and O–H groups in total. The monoisotopic (exact) mass is 2290 g/mol. The number of amides is 6. The molecule has 40 heteroatoms. The first-order chi connectivity index (χ1) is 70.8. The minimum absolute atomic E-state index is 0. The number of aliphatic hydroxyl groups excluding tert-OH is 4. The van der Waals surface area contributed by atoms with Crippen molar-refractivity contribution in [2.75, 3.05) is 154 Å². The van der Waals surface area contributed by atoms with Crippen LogP contribution in [0.15, 0.2) is 158 Å². The second kappa shape index (κ2) is 60.4. The van der Waals surface area contributed by atoms with E-state index in [9.17, 15) is 78.0 Å². The molecule has 808 valence electrons. The molecule has 5 saturated heterocycles. The topological polar surface area (TPSA) is 488 Å². The number of ketones is 2. The van der Waals surface area contributed by atoms with Gasteiger partial charge in [0.1, 0.15) is 108 Å². The summed E-state index contributed by atoms with van der Waals surface area (Å²) in [4.78, 5) is 149. The van der Waals surface area contributed by atoms with Crippen LogP contribution in [-0.4, -0.2) is 320 Å². The van der Waals surface area contributed by atoms with Gasteiger partial charge in [0, 0.05) is 180 Å². The fourth-order valence-corrected chi connectivity index (χ4v) is 18.5. The van der Waals surface area contributed by atoms with E-state index >= 15 is 0 Å². The van der Waals surface area contributed by atoms with E-state index in [1.807, 2.05) is 172 Å². The van der Waals surface area contributed by atoms with E-state index in [0.717, 1.165) is 33.4 Å². The fraction of sp³-hybridized carbons (Fsp3) is 0.556. The molecular weight excluding hydrogens is 2140 g/mol. The van der Waals surface area contributed by atoms with Crippen LogP contribution in [-0.2, 0) is 126 Å². The van der Waals surface area contributed by atoms with E-state index in [-0.39, 0.29) is 204 Å². The van der Waals surface area contributed by atoms with Crippen molar-refractivity contribution in [1.82, 2.24) is 31.1 Å². The molecule has 6 amide bonds. The summed E-state index contributed by atoms with van der Waals surface area (Å²) in [5.41, 5.74) is 0.373. The number of rotatable bonds is 53. The molecule has 2 unspecified atom stereocenters. The molecule has 0 aliphatic carbocycles. The predicted molar refractivity (Wildman–Crippen MR) is 537 cm³/mol. The molecule has 5 heterocycles. The maximum absolute atomic E-state index is 13.8. The largest absolute Gasteiger partial charge is 0.497 e. The Hall–Kier alpha value is -10.6. The Morgan fingerprint density at radius 2 is 0.818 bits per heavy atom. The zero-order valence-electron chi connectivity index (χ0n) is 88.2. The standard InChI is InChI=1S/C54H73N3O15.C50H69N3O14.C4H4O3.BH.U/c1-36-46(31-69-38(3)60)72-51(49(56-37(2)59)50(36)71-39(4)61)68-29-28-67-27-13-17-43(62)16-12-26-55-47(63)30-48(64)57-32-52(5,34-58)53(6,33-57)35-70-54(40-14-10-9-11-15-40,41-18-22-44(65-7)23-19-41)42-20-24-45(66-8)25-21-42;1-34(55)52-44-46(60)45(59)41(29-54)67-47(44)65-27-26-64-25-11-15-38(56)14-10-24-51-42(57)28-43(58)53-30-48(2,32-61-4)49(3,31-53)33-66-50(35-12-8-7-9-13-35,36-16-20-39(62-5)21-17-36)37-18-22-40(63-6)23-19-37;5-3-1-2-4(6)7-3;;/h9-11,14-15,18-25,36,46,49-51,58H,12-13,16-17,26-35H2,1-8H3,(H,55,63)(H,56,59);7-9,12-13,16-23,41,44-47,54,59-60H,10-11,14-15,24-33H2,1-6H3,(H,51,57)(H,52,55);1-2H2;1H;/t36-,46+,49+,50-,51?,52+,53-;41-,44-,45+,46-,47?,48-,49+;;;/m01.../s1/i;;;1T;. The maximum Gasteiger partial charge on any atom is 0.314 e. The van der Waals surface area contributed by atoms with Gasteiger partial charge in [-0.05, 0) is 109 Å². The quantitative estimate of drug-likeness (QED) is 0.00466. The predicted octanol–water partition coefficient (Wildman–Crippen LogP) is 7.22. The molecule has 6 aromatic rings. The molecule has 5 aliphatic heterocycles. The Morgan fingerprint density at radius 1 is 0.459 bits per heavy atom. The Balaban J connectivity index is 0.000000370. The van der Waals surface area contributed by atoms with Gasteiger partial charge in [-0.2, -0.15) is 0 Å². The molecule has 148 heavy (non-hydrogen) atoms. The summed E-state index contributed by atoms with van der Waals surface area (Å²) in [6.45, 7) is 17.3. The van der Waals surface area contributed by atoms with E-state index in [2.05, 4.69) is 48.2 Å². The van der Waals surface area contributed by atoms with Crippen LogP contribution in [0, 0.1) is 58.7 Å². The molecule has 6 aromatic carbocycles. The normalized spacial score (nSPS) is 23.0. The first kappa shape index (κ1) is 123. The first-order valence-electron chi connectivity index (χ1n) is 49.8. The number of carbonyl (C=O) groups excluding carboxylic acids is 12.